The van der Waals surface area contributed by atoms with Gasteiger partial charge in [0.15, 0.2) is 0 Å². The highest BCUT2D eigenvalue weighted by atomic mass is 16.2. The Bertz CT molecular complexity index is 271. The van der Waals surface area contributed by atoms with Crippen molar-refractivity contribution >= 4 is 5.91 Å². The summed E-state index contributed by atoms with van der Waals surface area (Å²) in [6.45, 7) is 4.11. The van der Waals surface area contributed by atoms with Gasteiger partial charge in [-0.1, -0.05) is 26.2 Å². The average Bonchev–Trinajstić information content (AvgIpc) is 2.66. The largest absolute Gasteiger partial charge is 0.341 e. The van der Waals surface area contributed by atoms with Gasteiger partial charge in [-0.3, -0.25) is 4.79 Å². The Kier molecular flexibility index (Phi) is 4.08. The van der Waals surface area contributed by atoms with E-state index < -0.39 is 5.54 Å². The maximum absolute atomic E-state index is 12.5. The van der Waals surface area contributed by atoms with Crippen LogP contribution in [0, 0.1) is 5.92 Å². The maximum Gasteiger partial charge on any atom is 0.242 e. The molecule has 1 unspecified atom stereocenters. The summed E-state index contributed by atoms with van der Waals surface area (Å²) in [5.41, 5.74) is 5.74. The van der Waals surface area contributed by atoms with E-state index >= 15 is 0 Å². The molecule has 0 spiro atoms. The van der Waals surface area contributed by atoms with Crippen molar-refractivity contribution in [1.82, 2.24) is 4.90 Å². The Morgan fingerprint density at radius 1 is 1.24 bits per heavy atom. The van der Waals surface area contributed by atoms with E-state index in [1.54, 1.807) is 0 Å². The third kappa shape index (κ3) is 2.82. The van der Waals surface area contributed by atoms with Gasteiger partial charge in [-0.2, -0.15) is 0 Å². The van der Waals surface area contributed by atoms with E-state index in [9.17, 15) is 4.79 Å². The zero-order valence-electron chi connectivity index (χ0n) is 11.1. The van der Waals surface area contributed by atoms with Gasteiger partial charge in [0.2, 0.25) is 5.91 Å². The molecule has 2 rings (SSSR count). The minimum Gasteiger partial charge on any atom is -0.341 e. The number of amides is 1. The van der Waals surface area contributed by atoms with Crippen LogP contribution in [-0.4, -0.2) is 29.4 Å². The quantitative estimate of drug-likeness (QED) is 0.802. The van der Waals surface area contributed by atoms with Gasteiger partial charge in [-0.25, -0.2) is 0 Å². The maximum atomic E-state index is 12.5. The number of nitrogens with two attached hydrogens (primary N) is 1. The molecule has 1 heterocycles. The summed E-state index contributed by atoms with van der Waals surface area (Å²) in [5, 5.41) is 0. The molecule has 1 atom stereocenters. The Balaban J connectivity index is 1.95. The number of carbonyl (C=O) groups excluding carboxylic acids is 1. The Morgan fingerprint density at radius 3 is 2.59 bits per heavy atom. The molecule has 0 bridgehead atoms. The number of nitrogens with zero attached hydrogens (tertiary/aromatic N) is 1. The molecule has 17 heavy (non-hydrogen) atoms. The molecule has 1 amide bonds. The lowest BCUT2D eigenvalue weighted by molar-refractivity contribution is -0.136. The first-order chi connectivity index (χ1) is 8.15. The fourth-order valence-electron chi connectivity index (χ4n) is 3.31. The fourth-order valence-corrected chi connectivity index (χ4v) is 3.31. The fraction of sp³-hybridized carbons (Fsp3) is 0.929. The molecule has 1 saturated carbocycles. The van der Waals surface area contributed by atoms with E-state index in [-0.39, 0.29) is 5.91 Å². The van der Waals surface area contributed by atoms with Crippen LogP contribution in [0.5, 0.6) is 0 Å². The van der Waals surface area contributed by atoms with E-state index in [1.165, 1.54) is 19.3 Å². The lowest BCUT2D eigenvalue weighted by Crippen LogP contribution is -2.53. The van der Waals surface area contributed by atoms with Gasteiger partial charge in [-0.05, 0) is 38.0 Å². The van der Waals surface area contributed by atoms with Gasteiger partial charge in [0, 0.05) is 13.1 Å². The number of hydrogen-bond acceptors (Lipinski definition) is 2. The number of hydrogen-bond donors (Lipinski definition) is 1. The molecule has 0 aromatic heterocycles. The predicted octanol–water partition coefficient (Wildman–Crippen LogP) is 2.30. The van der Waals surface area contributed by atoms with Crippen molar-refractivity contribution in [2.45, 2.75) is 63.8 Å². The van der Waals surface area contributed by atoms with Crippen molar-refractivity contribution in [1.29, 1.82) is 0 Å². The van der Waals surface area contributed by atoms with E-state index in [1.807, 2.05) is 4.90 Å². The standard InChI is InChI=1S/C14H26N2O/c1-2-12-6-5-10-16(11-7-12)13(17)14(15)8-3-4-9-14/h12H,2-11,15H2,1H3. The van der Waals surface area contributed by atoms with Gasteiger partial charge in [0.1, 0.15) is 0 Å². The monoisotopic (exact) mass is 238 g/mol. The molecule has 2 fully saturated rings. The second-order valence-corrected chi connectivity index (χ2v) is 5.86. The summed E-state index contributed by atoms with van der Waals surface area (Å²) in [7, 11) is 0. The normalized spacial score (nSPS) is 29.1. The van der Waals surface area contributed by atoms with E-state index in [0.29, 0.717) is 0 Å². The average molecular weight is 238 g/mol. The lowest BCUT2D eigenvalue weighted by Gasteiger charge is -2.30. The highest BCUT2D eigenvalue weighted by Gasteiger charge is 2.40. The number of carbonyl (C=O) groups is 1. The summed E-state index contributed by atoms with van der Waals surface area (Å²) >= 11 is 0. The molecular weight excluding hydrogens is 212 g/mol. The summed E-state index contributed by atoms with van der Waals surface area (Å²) in [4.78, 5) is 14.5. The molecule has 1 saturated heterocycles. The first kappa shape index (κ1) is 12.9. The van der Waals surface area contributed by atoms with Crippen LogP contribution in [0.2, 0.25) is 0 Å². The van der Waals surface area contributed by atoms with Gasteiger partial charge < -0.3 is 10.6 Å². The highest BCUT2D eigenvalue weighted by molar-refractivity contribution is 5.86. The van der Waals surface area contributed by atoms with Crippen LogP contribution in [0.4, 0.5) is 0 Å². The summed E-state index contributed by atoms with van der Waals surface area (Å²) < 4.78 is 0. The molecule has 3 heteroatoms. The number of likely N-dealkylation sites (tertiary alicyclic amines) is 1. The molecule has 0 aromatic rings. The van der Waals surface area contributed by atoms with Crippen LogP contribution in [0.25, 0.3) is 0 Å². The van der Waals surface area contributed by atoms with Crippen molar-refractivity contribution in [3.05, 3.63) is 0 Å². The Hall–Kier alpha value is -0.570. The third-order valence-corrected chi connectivity index (χ3v) is 4.63. The molecule has 3 nitrogen and oxygen atoms in total. The molecule has 2 aliphatic rings. The van der Waals surface area contributed by atoms with Crippen LogP contribution in [0.1, 0.15) is 58.3 Å². The molecular formula is C14H26N2O. The second kappa shape index (κ2) is 5.38. The summed E-state index contributed by atoms with van der Waals surface area (Å²) in [5.74, 6) is 1.04. The van der Waals surface area contributed by atoms with E-state index in [2.05, 4.69) is 6.92 Å². The van der Waals surface area contributed by atoms with Crippen molar-refractivity contribution in [2.24, 2.45) is 11.7 Å². The topological polar surface area (TPSA) is 46.3 Å². The Morgan fingerprint density at radius 2 is 1.94 bits per heavy atom. The van der Waals surface area contributed by atoms with Gasteiger partial charge in [0.25, 0.3) is 0 Å². The first-order valence-corrected chi connectivity index (χ1v) is 7.24. The lowest BCUT2D eigenvalue weighted by atomic mass is 9.96. The minimum absolute atomic E-state index is 0.228. The summed E-state index contributed by atoms with van der Waals surface area (Å²) in [6, 6.07) is 0. The molecule has 1 aliphatic heterocycles. The summed E-state index contributed by atoms with van der Waals surface area (Å²) in [6.07, 6.45) is 8.85. The molecule has 98 valence electrons. The molecule has 1 aliphatic carbocycles. The van der Waals surface area contributed by atoms with Crippen molar-refractivity contribution in [3.8, 4) is 0 Å². The SMILES string of the molecule is CCC1CCCN(C(=O)C2(N)CCCC2)CC1. The smallest absolute Gasteiger partial charge is 0.242 e. The van der Waals surface area contributed by atoms with E-state index in [0.717, 1.165) is 51.1 Å². The Labute approximate surface area is 105 Å². The third-order valence-electron chi connectivity index (χ3n) is 4.63. The van der Waals surface area contributed by atoms with Crippen LogP contribution in [-0.2, 0) is 4.79 Å². The first-order valence-electron chi connectivity index (χ1n) is 7.24. The predicted molar refractivity (Wildman–Crippen MR) is 69.6 cm³/mol. The number of rotatable bonds is 2. The second-order valence-electron chi connectivity index (χ2n) is 5.86. The van der Waals surface area contributed by atoms with Crippen LogP contribution in [0.3, 0.4) is 0 Å². The van der Waals surface area contributed by atoms with Gasteiger partial charge in [-0.15, -0.1) is 0 Å². The zero-order chi connectivity index (χ0) is 12.3. The van der Waals surface area contributed by atoms with Gasteiger partial charge in [0.05, 0.1) is 5.54 Å². The van der Waals surface area contributed by atoms with Crippen molar-refractivity contribution < 1.29 is 4.79 Å². The van der Waals surface area contributed by atoms with Crippen LogP contribution in [0.15, 0.2) is 0 Å². The zero-order valence-corrected chi connectivity index (χ0v) is 11.1. The van der Waals surface area contributed by atoms with Crippen molar-refractivity contribution in [2.75, 3.05) is 13.1 Å². The highest BCUT2D eigenvalue weighted by Crippen LogP contribution is 2.30. The van der Waals surface area contributed by atoms with Crippen LogP contribution >= 0.6 is 0 Å². The van der Waals surface area contributed by atoms with Crippen LogP contribution < -0.4 is 5.73 Å². The molecule has 0 radical (unpaired) electrons. The molecule has 0 aromatic carbocycles. The van der Waals surface area contributed by atoms with E-state index in [4.69, 9.17) is 5.73 Å². The molecule has 2 N–H and O–H groups in total. The minimum atomic E-state index is -0.522. The van der Waals surface area contributed by atoms with Gasteiger partial charge >= 0.3 is 0 Å². The van der Waals surface area contributed by atoms with Crippen molar-refractivity contribution in [3.63, 3.8) is 0 Å².